The molecular weight excluding hydrogens is 801 g/mol. The van der Waals surface area contributed by atoms with E-state index in [1.807, 2.05) is 81.7 Å². The Bertz CT molecular complexity index is 2610. The maximum Gasteiger partial charge on any atom is 0.243 e. The lowest BCUT2D eigenvalue weighted by Crippen LogP contribution is -2.48. The van der Waals surface area contributed by atoms with Crippen LogP contribution in [0.15, 0.2) is 76.8 Å². The van der Waals surface area contributed by atoms with E-state index in [0.717, 1.165) is 77.3 Å². The topological polar surface area (TPSA) is 163 Å². The van der Waals surface area contributed by atoms with Gasteiger partial charge in [0, 0.05) is 55.3 Å². The molecule has 4 aliphatic rings. The summed E-state index contributed by atoms with van der Waals surface area (Å²) in [5, 5.41) is 38.0. The molecule has 0 radical (unpaired) electrons. The number of nitrogens with one attached hydrogen (secondary N) is 1. The zero-order valence-electron chi connectivity index (χ0n) is 35.7. The van der Waals surface area contributed by atoms with E-state index in [1.54, 1.807) is 17.4 Å². The van der Waals surface area contributed by atoms with E-state index < -0.39 is 18.1 Å². The molecule has 6 aromatic rings. The van der Waals surface area contributed by atoms with Gasteiger partial charge in [-0.05, 0) is 99.1 Å². The molecule has 0 bridgehead atoms. The standard InChI is InChI=1S/C48H54N8O5S/c1-27(2)44(47(60)55-25-34(57)19-40(55)46(59)50-28(3)30-9-11-31(12-10-30)45-29(4)49-26-62-45)42-22-43(53-61-42)54-17-15-48(16-18-54)23-32(24-48)38-21-37-39(56(38)33-13-14-33)20-36(51-52-37)35-7-5-6-8-41(35)58/h5-12,20-22,26-28,32-34,40,44,57-58H,13-19,23-25H2,1-4H3,(H,50,59)/t28-,34+,40-,44+/m0/s1. The van der Waals surface area contributed by atoms with Crippen molar-refractivity contribution in [1.82, 2.24) is 35.1 Å². The molecular formula is C48H54N8O5S. The first kappa shape index (κ1) is 40.5. The lowest BCUT2D eigenvalue weighted by Gasteiger charge is -2.52. The Morgan fingerprint density at radius 2 is 1.74 bits per heavy atom. The van der Waals surface area contributed by atoms with E-state index in [9.17, 15) is 19.8 Å². The number of nitrogens with zero attached hydrogens (tertiary/aromatic N) is 7. The Kier molecular flexibility index (Phi) is 10.4. The number of piperidine rings is 1. The first-order valence-electron chi connectivity index (χ1n) is 22.1. The third kappa shape index (κ3) is 7.44. The van der Waals surface area contributed by atoms with Gasteiger partial charge in [0.2, 0.25) is 11.8 Å². The molecule has 1 spiro atoms. The van der Waals surface area contributed by atoms with Gasteiger partial charge in [-0.1, -0.05) is 55.4 Å². The minimum Gasteiger partial charge on any atom is -0.507 e. The molecule has 2 aliphatic heterocycles. The first-order valence-corrected chi connectivity index (χ1v) is 23.0. The summed E-state index contributed by atoms with van der Waals surface area (Å²) in [5.41, 5.74) is 9.88. The highest BCUT2D eigenvalue weighted by atomic mass is 32.1. The summed E-state index contributed by atoms with van der Waals surface area (Å²) < 4.78 is 8.47. The Morgan fingerprint density at radius 1 is 0.984 bits per heavy atom. The van der Waals surface area contributed by atoms with Crippen molar-refractivity contribution in [3.05, 3.63) is 95.0 Å². The zero-order chi connectivity index (χ0) is 42.9. The number of aliphatic hydroxyl groups excluding tert-OH is 1. The predicted octanol–water partition coefficient (Wildman–Crippen LogP) is 8.30. The van der Waals surface area contributed by atoms with E-state index in [2.05, 4.69) is 47.3 Å². The maximum atomic E-state index is 14.4. The van der Waals surface area contributed by atoms with Gasteiger partial charge in [-0.2, -0.15) is 0 Å². The number of aromatic nitrogens is 5. The molecule has 4 atom stereocenters. The largest absolute Gasteiger partial charge is 0.507 e. The van der Waals surface area contributed by atoms with Gasteiger partial charge in [0.25, 0.3) is 0 Å². The highest BCUT2D eigenvalue weighted by Crippen LogP contribution is 2.58. The number of carbonyl (C=O) groups is 2. The number of amides is 2. The number of fused-ring (bicyclic) bond motifs is 1. The van der Waals surface area contributed by atoms with Crippen LogP contribution in [0.3, 0.4) is 0 Å². The number of likely N-dealkylation sites (tertiary alicyclic amines) is 1. The molecule has 2 amide bonds. The van der Waals surface area contributed by atoms with Crippen molar-refractivity contribution in [1.29, 1.82) is 0 Å². The van der Waals surface area contributed by atoms with E-state index in [4.69, 9.17) is 4.52 Å². The van der Waals surface area contributed by atoms with Crippen molar-refractivity contribution < 1.29 is 24.3 Å². The lowest BCUT2D eigenvalue weighted by atomic mass is 9.56. The fourth-order valence-corrected chi connectivity index (χ4v) is 11.2. The van der Waals surface area contributed by atoms with Crippen LogP contribution in [0.2, 0.25) is 0 Å². The second kappa shape index (κ2) is 15.9. The highest BCUT2D eigenvalue weighted by molar-refractivity contribution is 7.13. The van der Waals surface area contributed by atoms with Gasteiger partial charge in [0.15, 0.2) is 11.6 Å². The Balaban J connectivity index is 0.778. The number of hydrogen-bond donors (Lipinski definition) is 3. The molecule has 10 rings (SSSR count). The molecule has 4 fully saturated rings. The van der Waals surface area contributed by atoms with Crippen LogP contribution in [0.5, 0.6) is 5.75 Å². The number of aryl methyl sites for hydroxylation is 1. The van der Waals surface area contributed by atoms with E-state index in [0.29, 0.717) is 29.0 Å². The van der Waals surface area contributed by atoms with Gasteiger partial charge in [0.1, 0.15) is 23.2 Å². The number of aliphatic hydroxyl groups is 1. The van der Waals surface area contributed by atoms with Gasteiger partial charge in [-0.25, -0.2) is 4.98 Å². The molecule has 6 heterocycles. The summed E-state index contributed by atoms with van der Waals surface area (Å²) in [6.07, 6.45) is 6.07. The highest BCUT2D eigenvalue weighted by Gasteiger charge is 2.49. The van der Waals surface area contributed by atoms with Crippen LogP contribution < -0.4 is 10.2 Å². The number of para-hydroxylation sites is 1. The molecule has 62 heavy (non-hydrogen) atoms. The van der Waals surface area contributed by atoms with Crippen molar-refractivity contribution in [2.75, 3.05) is 24.5 Å². The number of benzene rings is 2. The molecule has 322 valence electrons. The van der Waals surface area contributed by atoms with Crippen LogP contribution in [-0.4, -0.2) is 83.6 Å². The fourth-order valence-electron chi connectivity index (χ4n) is 10.4. The number of carbonyl (C=O) groups excluding carboxylic acids is 2. The van der Waals surface area contributed by atoms with E-state index in [1.165, 1.54) is 23.4 Å². The Morgan fingerprint density at radius 3 is 2.44 bits per heavy atom. The van der Waals surface area contributed by atoms with Crippen molar-refractivity contribution in [3.63, 3.8) is 0 Å². The van der Waals surface area contributed by atoms with Gasteiger partial charge in [0.05, 0.1) is 39.4 Å². The normalized spacial score (nSPS) is 21.1. The molecule has 14 heteroatoms. The van der Waals surface area contributed by atoms with Crippen molar-refractivity contribution in [3.8, 4) is 27.4 Å². The average Bonchev–Trinajstić information content (AvgIpc) is 3.55. The number of β-amino-alcohol motifs (C(OH)–C–C–N with tert-alkyl or cyclic N) is 1. The molecule has 2 aromatic carbocycles. The van der Waals surface area contributed by atoms with E-state index in [-0.39, 0.29) is 47.9 Å². The lowest BCUT2D eigenvalue weighted by molar-refractivity contribution is -0.141. The Hall–Kier alpha value is -5.60. The van der Waals surface area contributed by atoms with Crippen LogP contribution >= 0.6 is 11.3 Å². The van der Waals surface area contributed by atoms with Gasteiger partial charge < -0.3 is 34.4 Å². The summed E-state index contributed by atoms with van der Waals surface area (Å²) in [6.45, 7) is 9.67. The van der Waals surface area contributed by atoms with E-state index >= 15 is 0 Å². The second-order valence-electron chi connectivity index (χ2n) is 18.6. The summed E-state index contributed by atoms with van der Waals surface area (Å²) in [5.74, 6) is 0.579. The third-order valence-electron chi connectivity index (χ3n) is 14.0. The second-order valence-corrected chi connectivity index (χ2v) is 19.5. The molecule has 4 aromatic heterocycles. The number of phenols is 1. The molecule has 2 saturated heterocycles. The smallest absolute Gasteiger partial charge is 0.243 e. The van der Waals surface area contributed by atoms with Gasteiger partial charge in [-0.15, -0.1) is 21.5 Å². The quantitative estimate of drug-likeness (QED) is 0.116. The van der Waals surface area contributed by atoms with Crippen LogP contribution in [-0.2, 0) is 9.59 Å². The SMILES string of the molecule is Cc1ncsc1-c1ccc([C@H](C)NC(=O)[C@@H]2C[C@@H](O)CN2C(=O)[C@@H](c2cc(N3CCC4(CC3)CC(c3cc5nnc(-c6ccccc6O)cc5n3C3CC3)C4)no2)C(C)C)cc1. The molecule has 3 N–H and O–H groups in total. The van der Waals surface area contributed by atoms with Crippen molar-refractivity contribution >= 4 is 40.0 Å². The summed E-state index contributed by atoms with van der Waals surface area (Å²) in [4.78, 5) is 37.5. The number of rotatable bonds is 11. The monoisotopic (exact) mass is 854 g/mol. The predicted molar refractivity (Wildman–Crippen MR) is 238 cm³/mol. The van der Waals surface area contributed by atoms with Crippen LogP contribution in [0, 0.1) is 18.3 Å². The number of hydrogen-bond acceptors (Lipinski definition) is 11. The Labute approximate surface area is 365 Å². The van der Waals surface area contributed by atoms with Crippen LogP contribution in [0.1, 0.15) is 112 Å². The fraction of sp³-hybridized carbons (Fsp3) is 0.458. The molecule has 2 aliphatic carbocycles. The van der Waals surface area contributed by atoms with Crippen LogP contribution in [0.25, 0.3) is 32.7 Å². The summed E-state index contributed by atoms with van der Waals surface area (Å²) >= 11 is 1.60. The molecule has 2 saturated carbocycles. The van der Waals surface area contributed by atoms with Gasteiger partial charge >= 0.3 is 0 Å². The third-order valence-corrected chi connectivity index (χ3v) is 15.0. The summed E-state index contributed by atoms with van der Waals surface area (Å²) in [7, 11) is 0. The number of aromatic hydroxyl groups is 1. The first-order chi connectivity index (χ1) is 29.9. The number of phenolic OH excluding ortho intramolecular Hbond substituents is 1. The van der Waals surface area contributed by atoms with Crippen molar-refractivity contribution in [2.24, 2.45) is 11.3 Å². The van der Waals surface area contributed by atoms with Crippen LogP contribution in [0.4, 0.5) is 5.82 Å². The summed E-state index contributed by atoms with van der Waals surface area (Å²) in [6, 6.07) is 21.0. The minimum atomic E-state index is -0.801. The molecule has 0 unspecified atom stereocenters. The number of anilines is 1. The van der Waals surface area contributed by atoms with Crippen molar-refractivity contribution in [2.45, 2.75) is 109 Å². The maximum absolute atomic E-state index is 14.4. The number of thiazole rings is 1. The zero-order valence-corrected chi connectivity index (χ0v) is 36.5. The average molecular weight is 855 g/mol. The van der Waals surface area contributed by atoms with Gasteiger partial charge in [-0.3, -0.25) is 9.59 Å². The minimum absolute atomic E-state index is 0.0850. The molecule has 13 nitrogen and oxygen atoms in total.